The molecule has 2 heterocycles. The maximum Gasteiger partial charge on any atom is 0.0547 e. The van der Waals surface area contributed by atoms with Gasteiger partial charge in [-0.25, -0.2) is 0 Å². The van der Waals surface area contributed by atoms with Gasteiger partial charge in [-0.15, -0.1) is 0 Å². The van der Waals surface area contributed by atoms with E-state index in [-0.39, 0.29) is 11.8 Å². The van der Waals surface area contributed by atoms with Crippen molar-refractivity contribution in [3.8, 4) is 33.6 Å². The molecule has 54 heavy (non-hydrogen) atoms. The number of hydrogen-bond donors (Lipinski definition) is 0. The Morgan fingerprint density at radius 3 is 1.67 bits per heavy atom. The van der Waals surface area contributed by atoms with Crippen LogP contribution in [0.3, 0.4) is 0 Å². The average Bonchev–Trinajstić information content (AvgIpc) is 3.74. The first kappa shape index (κ1) is 30.9. The number of rotatable bonds is 4. The van der Waals surface area contributed by atoms with E-state index in [1.54, 1.807) is 0 Å². The van der Waals surface area contributed by atoms with Gasteiger partial charge in [0, 0.05) is 38.8 Å². The molecule has 0 radical (unpaired) electrons. The van der Waals surface area contributed by atoms with Crippen molar-refractivity contribution in [2.75, 3.05) is 0 Å². The van der Waals surface area contributed by atoms with Gasteiger partial charge in [0.25, 0.3) is 0 Å². The fraction of sp³-hybridized carbons (Fsp3) is 0.0769. The van der Waals surface area contributed by atoms with Crippen LogP contribution in [0.5, 0.6) is 0 Å². The van der Waals surface area contributed by atoms with Gasteiger partial charge in [0.15, 0.2) is 0 Å². The Balaban J connectivity index is 1.07. The minimum atomic E-state index is 0.210. The van der Waals surface area contributed by atoms with Crippen LogP contribution >= 0.6 is 0 Å². The minimum Gasteiger partial charge on any atom is -0.309 e. The van der Waals surface area contributed by atoms with Crippen LogP contribution in [0.1, 0.15) is 41.0 Å². The third-order valence-electron chi connectivity index (χ3n) is 12.0. The van der Waals surface area contributed by atoms with Gasteiger partial charge < -0.3 is 9.13 Å². The molecule has 2 atom stereocenters. The van der Waals surface area contributed by atoms with Crippen LogP contribution in [0, 0.1) is 6.92 Å². The third kappa shape index (κ3) is 4.60. The number of aromatic nitrogens is 2. The van der Waals surface area contributed by atoms with Gasteiger partial charge in [0.1, 0.15) is 0 Å². The smallest absolute Gasteiger partial charge is 0.0547 e. The van der Waals surface area contributed by atoms with Crippen LogP contribution in [-0.2, 0) is 0 Å². The Bertz CT molecular complexity index is 3070. The van der Waals surface area contributed by atoms with Crippen LogP contribution in [0.2, 0.25) is 0 Å². The molecule has 10 aromatic rings. The monoisotopic (exact) mass is 690 g/mol. The molecule has 256 valence electrons. The molecule has 1 aliphatic rings. The van der Waals surface area contributed by atoms with Crippen LogP contribution in [0.4, 0.5) is 0 Å². The Hall–Kier alpha value is -6.64. The summed E-state index contributed by atoms with van der Waals surface area (Å²) in [5.41, 5.74) is 17.9. The molecule has 0 bridgehead atoms. The van der Waals surface area contributed by atoms with Crippen molar-refractivity contribution < 1.29 is 0 Å². The number of nitrogens with zero attached hydrogens (tertiary/aromatic N) is 2. The van der Waals surface area contributed by atoms with E-state index < -0.39 is 0 Å². The van der Waals surface area contributed by atoms with Crippen molar-refractivity contribution in [1.29, 1.82) is 0 Å². The number of aryl methyl sites for hydroxylation is 1. The highest BCUT2D eigenvalue weighted by Crippen LogP contribution is 2.51. The Morgan fingerprint density at radius 2 is 0.926 bits per heavy atom. The maximum atomic E-state index is 2.47. The standard InChI is InChI=1S/C52H38N2/c1-33-20-25-39(26-21-33)54-49-19-11-9-15-42(49)44-28-23-36(31-50(44)54)35-22-27-41-40-14-6-7-17-46(40)52(34(2)47(41)30-35)37-24-29-45-43-16-8-10-18-48(43)53(51(45)32-37)38-12-4-3-5-13-38/h3-32,34,52H,1-2H3/t34?,52-/m1/s1. The topological polar surface area (TPSA) is 9.86 Å². The van der Waals surface area contributed by atoms with Gasteiger partial charge in [-0.2, -0.15) is 0 Å². The predicted molar refractivity (Wildman–Crippen MR) is 227 cm³/mol. The van der Waals surface area contributed by atoms with Gasteiger partial charge in [0.05, 0.1) is 22.1 Å². The lowest BCUT2D eigenvalue weighted by atomic mass is 9.69. The number of benzene rings is 8. The molecular weight excluding hydrogens is 653 g/mol. The highest BCUT2D eigenvalue weighted by Gasteiger charge is 2.33. The summed E-state index contributed by atoms with van der Waals surface area (Å²) >= 11 is 0. The van der Waals surface area contributed by atoms with Crippen LogP contribution < -0.4 is 0 Å². The molecule has 0 fully saturated rings. The van der Waals surface area contributed by atoms with Crippen molar-refractivity contribution in [2.45, 2.75) is 25.7 Å². The quantitative estimate of drug-likeness (QED) is 0.174. The summed E-state index contributed by atoms with van der Waals surface area (Å²) in [5.74, 6) is 0.478. The lowest BCUT2D eigenvalue weighted by Gasteiger charge is -2.34. The molecule has 0 amide bonds. The second-order valence-electron chi connectivity index (χ2n) is 15.0. The largest absolute Gasteiger partial charge is 0.309 e. The molecule has 2 nitrogen and oxygen atoms in total. The highest BCUT2D eigenvalue weighted by molar-refractivity contribution is 6.11. The first-order valence-electron chi connectivity index (χ1n) is 19.0. The molecule has 11 rings (SSSR count). The van der Waals surface area contributed by atoms with Crippen molar-refractivity contribution in [2.24, 2.45) is 0 Å². The van der Waals surface area contributed by atoms with Gasteiger partial charge in [-0.05, 0) is 100 Å². The SMILES string of the molecule is Cc1ccc(-n2c3ccccc3c3ccc(-c4ccc5c(c4)C(C)[C@H](c4ccc6c7ccccc7n(-c7ccccc7)c6c4)c4ccccc4-5)cc32)cc1. The number of fused-ring (bicyclic) bond motifs is 9. The van der Waals surface area contributed by atoms with Crippen molar-refractivity contribution >= 4 is 43.6 Å². The summed E-state index contributed by atoms with van der Waals surface area (Å²) in [6.45, 7) is 4.58. The second-order valence-corrected chi connectivity index (χ2v) is 15.0. The molecule has 0 aliphatic heterocycles. The van der Waals surface area contributed by atoms with E-state index in [4.69, 9.17) is 0 Å². The molecule has 2 aromatic heterocycles. The van der Waals surface area contributed by atoms with Crippen LogP contribution in [0.25, 0.3) is 77.2 Å². The van der Waals surface area contributed by atoms with Crippen LogP contribution in [0.15, 0.2) is 182 Å². The Kier molecular flexibility index (Phi) is 6.84. The molecule has 8 aromatic carbocycles. The molecule has 0 saturated carbocycles. The molecular formula is C52H38N2. The zero-order valence-electron chi connectivity index (χ0n) is 30.4. The average molecular weight is 691 g/mol. The molecule has 1 aliphatic carbocycles. The van der Waals surface area contributed by atoms with E-state index in [1.165, 1.54) is 99.5 Å². The summed E-state index contributed by atoms with van der Waals surface area (Å²) < 4.78 is 4.86. The second kappa shape index (κ2) is 11.9. The van der Waals surface area contributed by atoms with Crippen molar-refractivity contribution in [3.05, 3.63) is 204 Å². The fourth-order valence-electron chi connectivity index (χ4n) is 9.45. The highest BCUT2D eigenvalue weighted by atomic mass is 15.0. The van der Waals surface area contributed by atoms with Crippen molar-refractivity contribution in [3.63, 3.8) is 0 Å². The molecule has 1 unspecified atom stereocenters. The van der Waals surface area contributed by atoms with Crippen LogP contribution in [-0.4, -0.2) is 9.13 Å². The lowest BCUT2D eigenvalue weighted by molar-refractivity contribution is 0.650. The normalized spacial score (nSPS) is 15.2. The zero-order chi connectivity index (χ0) is 35.9. The van der Waals surface area contributed by atoms with E-state index in [2.05, 4.69) is 205 Å². The van der Waals surface area contributed by atoms with Gasteiger partial charge in [-0.1, -0.05) is 146 Å². The Labute approximate surface area is 315 Å². The summed E-state index contributed by atoms with van der Waals surface area (Å²) in [4.78, 5) is 0. The fourth-order valence-corrected chi connectivity index (χ4v) is 9.45. The third-order valence-corrected chi connectivity index (χ3v) is 12.0. The van der Waals surface area contributed by atoms with Gasteiger partial charge in [0.2, 0.25) is 0 Å². The Morgan fingerprint density at radius 1 is 0.389 bits per heavy atom. The van der Waals surface area contributed by atoms with E-state index in [0.29, 0.717) is 0 Å². The maximum absolute atomic E-state index is 2.47. The lowest BCUT2D eigenvalue weighted by Crippen LogP contribution is -2.17. The predicted octanol–water partition coefficient (Wildman–Crippen LogP) is 13.8. The van der Waals surface area contributed by atoms with Gasteiger partial charge >= 0.3 is 0 Å². The zero-order valence-corrected chi connectivity index (χ0v) is 30.4. The van der Waals surface area contributed by atoms with Crippen molar-refractivity contribution in [1.82, 2.24) is 9.13 Å². The first-order chi connectivity index (χ1) is 26.6. The summed E-state index contributed by atoms with van der Waals surface area (Å²) in [7, 11) is 0. The molecule has 2 heteroatoms. The summed E-state index contributed by atoms with van der Waals surface area (Å²) in [6.07, 6.45) is 0. The first-order valence-corrected chi connectivity index (χ1v) is 19.0. The molecule has 0 spiro atoms. The van der Waals surface area contributed by atoms with E-state index in [1.807, 2.05) is 0 Å². The molecule has 0 saturated heterocycles. The number of para-hydroxylation sites is 3. The molecule has 0 N–H and O–H groups in total. The summed E-state index contributed by atoms with van der Waals surface area (Å²) in [6, 6.07) is 67.7. The van der Waals surface area contributed by atoms with E-state index in [0.717, 1.165) is 0 Å². The van der Waals surface area contributed by atoms with Gasteiger partial charge in [-0.3, -0.25) is 0 Å². The summed E-state index contributed by atoms with van der Waals surface area (Å²) in [5, 5.41) is 5.13. The number of hydrogen-bond acceptors (Lipinski definition) is 0. The van der Waals surface area contributed by atoms with E-state index >= 15 is 0 Å². The van der Waals surface area contributed by atoms with E-state index in [9.17, 15) is 0 Å². The minimum absolute atomic E-state index is 0.210.